The van der Waals surface area contributed by atoms with Crippen LogP contribution in [0.25, 0.3) is 22.2 Å². The van der Waals surface area contributed by atoms with Gasteiger partial charge in [-0.2, -0.15) is 10.2 Å². The number of fused-ring (bicyclic) bond motifs is 1. The molecule has 0 unspecified atom stereocenters. The van der Waals surface area contributed by atoms with Gasteiger partial charge in [-0.3, -0.25) is 10.2 Å². The molecule has 14 heavy (non-hydrogen) atoms. The van der Waals surface area contributed by atoms with Gasteiger partial charge in [-0.05, 0) is 6.07 Å². The zero-order valence-corrected chi connectivity index (χ0v) is 7.36. The maximum absolute atomic E-state index is 4.01. The second-order valence-electron chi connectivity index (χ2n) is 3.11. The van der Waals surface area contributed by atoms with E-state index >= 15 is 0 Å². The Hall–Kier alpha value is -2.10. The minimum atomic E-state index is 1.000. The third-order valence-electron chi connectivity index (χ3n) is 2.27. The first-order valence-electron chi connectivity index (χ1n) is 4.37. The van der Waals surface area contributed by atoms with Crippen LogP contribution in [-0.2, 0) is 0 Å². The van der Waals surface area contributed by atoms with E-state index < -0.39 is 0 Å². The molecule has 0 amide bonds. The van der Waals surface area contributed by atoms with Crippen LogP contribution in [0.2, 0.25) is 0 Å². The largest absolute Gasteiger partial charge is 0.278 e. The molecule has 0 saturated carbocycles. The van der Waals surface area contributed by atoms with Gasteiger partial charge in [0, 0.05) is 17.1 Å². The van der Waals surface area contributed by atoms with Gasteiger partial charge in [-0.1, -0.05) is 18.2 Å². The molecule has 2 heterocycles. The number of aromatic nitrogens is 4. The monoisotopic (exact) mass is 184 g/mol. The summed E-state index contributed by atoms with van der Waals surface area (Å²) in [6.07, 6.45) is 3.56. The highest BCUT2D eigenvalue weighted by atomic mass is 15.1. The summed E-state index contributed by atoms with van der Waals surface area (Å²) >= 11 is 0. The lowest BCUT2D eigenvalue weighted by atomic mass is 10.1. The molecule has 0 saturated heterocycles. The molecule has 68 valence electrons. The summed E-state index contributed by atoms with van der Waals surface area (Å²) in [7, 11) is 0. The molecule has 4 nitrogen and oxygen atoms in total. The first kappa shape index (κ1) is 7.32. The van der Waals surface area contributed by atoms with Crippen LogP contribution in [0.15, 0.2) is 36.7 Å². The number of rotatable bonds is 1. The Morgan fingerprint density at radius 2 is 2.00 bits per heavy atom. The SMILES string of the molecule is c1cc(-c2ccn[nH]2)c2[nH]ncc2c1. The van der Waals surface area contributed by atoms with Crippen molar-refractivity contribution < 1.29 is 0 Å². The second-order valence-corrected chi connectivity index (χ2v) is 3.11. The van der Waals surface area contributed by atoms with Crippen molar-refractivity contribution in [2.24, 2.45) is 0 Å². The molecule has 0 bridgehead atoms. The fourth-order valence-corrected chi connectivity index (χ4v) is 1.60. The Balaban J connectivity index is 2.36. The lowest BCUT2D eigenvalue weighted by Gasteiger charge is -1.98. The maximum atomic E-state index is 4.01. The summed E-state index contributed by atoms with van der Waals surface area (Å²) in [4.78, 5) is 0. The quantitative estimate of drug-likeness (QED) is 0.607. The molecule has 3 rings (SSSR count). The number of aromatic amines is 2. The molecule has 4 heteroatoms. The molecular formula is C10H8N4. The number of para-hydroxylation sites is 1. The minimum Gasteiger partial charge on any atom is -0.278 e. The van der Waals surface area contributed by atoms with Crippen LogP contribution in [0.4, 0.5) is 0 Å². The van der Waals surface area contributed by atoms with Crippen LogP contribution in [0, 0.1) is 0 Å². The standard InChI is InChI=1S/C10H8N4/c1-2-7-6-12-14-10(7)8(3-1)9-4-5-11-13-9/h1-6H,(H,11,13)(H,12,14). The van der Waals surface area contributed by atoms with Gasteiger partial charge >= 0.3 is 0 Å². The summed E-state index contributed by atoms with van der Waals surface area (Å²) in [6.45, 7) is 0. The molecule has 3 aromatic rings. The minimum absolute atomic E-state index is 1.000. The average Bonchev–Trinajstić information content (AvgIpc) is 2.88. The van der Waals surface area contributed by atoms with Crippen molar-refractivity contribution in [2.75, 3.05) is 0 Å². The molecule has 0 fully saturated rings. The number of benzene rings is 1. The van der Waals surface area contributed by atoms with E-state index in [1.54, 1.807) is 6.20 Å². The number of nitrogens with one attached hydrogen (secondary N) is 2. The zero-order valence-electron chi connectivity index (χ0n) is 7.36. The predicted molar refractivity (Wildman–Crippen MR) is 53.7 cm³/mol. The first-order valence-corrected chi connectivity index (χ1v) is 4.37. The second kappa shape index (κ2) is 2.70. The molecule has 0 aliphatic rings. The van der Waals surface area contributed by atoms with Crippen molar-refractivity contribution in [3.8, 4) is 11.3 Å². The fourth-order valence-electron chi connectivity index (χ4n) is 1.60. The molecule has 2 N–H and O–H groups in total. The summed E-state index contributed by atoms with van der Waals surface area (Å²) in [5.74, 6) is 0. The summed E-state index contributed by atoms with van der Waals surface area (Å²) in [5, 5.41) is 15.0. The van der Waals surface area contributed by atoms with Crippen LogP contribution in [0.1, 0.15) is 0 Å². The molecule has 0 radical (unpaired) electrons. The van der Waals surface area contributed by atoms with Crippen LogP contribution in [0.3, 0.4) is 0 Å². The molecule has 0 atom stereocenters. The first-order chi connectivity index (χ1) is 6.95. The highest BCUT2D eigenvalue weighted by molar-refractivity contribution is 5.92. The Labute approximate surface area is 80.0 Å². The van der Waals surface area contributed by atoms with Gasteiger partial charge in [0.05, 0.1) is 17.4 Å². The Morgan fingerprint density at radius 1 is 1.00 bits per heavy atom. The van der Waals surface area contributed by atoms with E-state index in [0.29, 0.717) is 0 Å². The summed E-state index contributed by atoms with van der Waals surface area (Å²) < 4.78 is 0. The van der Waals surface area contributed by atoms with Gasteiger partial charge in [0.25, 0.3) is 0 Å². The van der Waals surface area contributed by atoms with E-state index in [1.807, 2.05) is 30.5 Å². The number of hydrogen-bond acceptors (Lipinski definition) is 2. The molecule has 0 spiro atoms. The lowest BCUT2D eigenvalue weighted by Crippen LogP contribution is -1.80. The maximum Gasteiger partial charge on any atom is 0.0744 e. The third kappa shape index (κ3) is 0.939. The Morgan fingerprint density at radius 3 is 2.86 bits per heavy atom. The van der Waals surface area contributed by atoms with Gasteiger partial charge in [-0.25, -0.2) is 0 Å². The zero-order chi connectivity index (χ0) is 9.38. The smallest absolute Gasteiger partial charge is 0.0744 e. The van der Waals surface area contributed by atoms with Gasteiger partial charge < -0.3 is 0 Å². The number of hydrogen-bond donors (Lipinski definition) is 2. The van der Waals surface area contributed by atoms with Crippen LogP contribution >= 0.6 is 0 Å². The highest BCUT2D eigenvalue weighted by Crippen LogP contribution is 2.24. The molecule has 1 aromatic carbocycles. The Bertz CT molecular complexity index is 550. The van der Waals surface area contributed by atoms with Crippen LogP contribution < -0.4 is 0 Å². The highest BCUT2D eigenvalue weighted by Gasteiger charge is 2.05. The average molecular weight is 184 g/mol. The lowest BCUT2D eigenvalue weighted by molar-refractivity contribution is 1.09. The van der Waals surface area contributed by atoms with E-state index in [1.165, 1.54) is 0 Å². The van der Waals surface area contributed by atoms with Crippen molar-refractivity contribution in [3.63, 3.8) is 0 Å². The van der Waals surface area contributed by atoms with Crippen molar-refractivity contribution in [3.05, 3.63) is 36.7 Å². The molecule has 0 aliphatic carbocycles. The van der Waals surface area contributed by atoms with Crippen LogP contribution in [-0.4, -0.2) is 20.4 Å². The van der Waals surface area contributed by atoms with Gasteiger partial charge in [-0.15, -0.1) is 0 Å². The fraction of sp³-hybridized carbons (Fsp3) is 0. The third-order valence-corrected chi connectivity index (χ3v) is 2.27. The summed E-state index contributed by atoms with van der Waals surface area (Å²) in [5.41, 5.74) is 3.13. The molecule has 0 aliphatic heterocycles. The van der Waals surface area contributed by atoms with Crippen molar-refractivity contribution in [2.45, 2.75) is 0 Å². The van der Waals surface area contributed by atoms with E-state index in [9.17, 15) is 0 Å². The van der Waals surface area contributed by atoms with E-state index in [0.717, 1.165) is 22.2 Å². The predicted octanol–water partition coefficient (Wildman–Crippen LogP) is 1.95. The van der Waals surface area contributed by atoms with Crippen molar-refractivity contribution >= 4 is 10.9 Å². The molecular weight excluding hydrogens is 176 g/mol. The van der Waals surface area contributed by atoms with Gasteiger partial charge in [0.2, 0.25) is 0 Å². The number of nitrogens with zero attached hydrogens (tertiary/aromatic N) is 2. The van der Waals surface area contributed by atoms with Crippen molar-refractivity contribution in [1.29, 1.82) is 0 Å². The van der Waals surface area contributed by atoms with Crippen molar-refractivity contribution in [1.82, 2.24) is 20.4 Å². The van der Waals surface area contributed by atoms with E-state index in [2.05, 4.69) is 20.4 Å². The summed E-state index contributed by atoms with van der Waals surface area (Å²) in [6, 6.07) is 8.01. The normalized spacial score (nSPS) is 10.9. The van der Waals surface area contributed by atoms with Crippen LogP contribution in [0.5, 0.6) is 0 Å². The molecule has 2 aromatic heterocycles. The topological polar surface area (TPSA) is 57.4 Å². The van der Waals surface area contributed by atoms with Gasteiger partial charge in [0.15, 0.2) is 0 Å². The van der Waals surface area contributed by atoms with E-state index in [-0.39, 0.29) is 0 Å². The van der Waals surface area contributed by atoms with E-state index in [4.69, 9.17) is 0 Å². The Kier molecular flexibility index (Phi) is 1.41. The van der Waals surface area contributed by atoms with Gasteiger partial charge in [0.1, 0.15) is 0 Å². The number of H-pyrrole nitrogens is 2.